The fourth-order valence-electron chi connectivity index (χ4n) is 3.62. The van der Waals surface area contributed by atoms with Crippen LogP contribution in [-0.4, -0.2) is 54.2 Å². The summed E-state index contributed by atoms with van der Waals surface area (Å²) in [5.74, 6) is 0. The Morgan fingerprint density at radius 2 is 1.61 bits per heavy atom. The van der Waals surface area contributed by atoms with Gasteiger partial charge in [0.1, 0.15) is 0 Å². The summed E-state index contributed by atoms with van der Waals surface area (Å²) < 4.78 is 5.24. The van der Waals surface area contributed by atoms with Crippen LogP contribution in [0.5, 0.6) is 0 Å². The molecule has 1 amide bonds. The molecule has 150 valence electrons. The molecule has 1 atom stereocenters. The predicted molar refractivity (Wildman–Crippen MR) is 112 cm³/mol. The monoisotopic (exact) mass is 381 g/mol. The highest BCUT2D eigenvalue weighted by Crippen LogP contribution is 2.16. The normalized spacial score (nSPS) is 18.2. The number of nitrogens with zero attached hydrogens (tertiary/aromatic N) is 2. The number of carbonyl (C=O) groups excluding carboxylic acids is 1. The van der Waals surface area contributed by atoms with Gasteiger partial charge in [-0.2, -0.15) is 0 Å². The van der Waals surface area contributed by atoms with Crippen molar-refractivity contribution in [1.82, 2.24) is 15.1 Å². The Kier molecular flexibility index (Phi) is 7.46. The van der Waals surface area contributed by atoms with Crippen molar-refractivity contribution in [2.24, 2.45) is 0 Å². The minimum Gasteiger partial charge on any atom is -0.447 e. The molecule has 5 nitrogen and oxygen atoms in total. The molecule has 0 saturated carbocycles. The first-order valence-electron chi connectivity index (χ1n) is 10.1. The van der Waals surface area contributed by atoms with Crippen LogP contribution in [0.15, 0.2) is 60.7 Å². The van der Waals surface area contributed by atoms with E-state index in [0.717, 1.165) is 32.7 Å². The van der Waals surface area contributed by atoms with Crippen LogP contribution >= 0.6 is 0 Å². The third-order valence-electron chi connectivity index (χ3n) is 4.99. The Balaban J connectivity index is 1.62. The fraction of sp³-hybridized carbons (Fsp3) is 0.435. The first-order chi connectivity index (χ1) is 13.6. The van der Waals surface area contributed by atoms with E-state index in [1.807, 2.05) is 26.0 Å². The lowest BCUT2D eigenvalue weighted by molar-refractivity contribution is 0.0599. The first-order valence-corrected chi connectivity index (χ1v) is 10.1. The lowest BCUT2D eigenvalue weighted by atomic mass is 10.1. The van der Waals surface area contributed by atoms with Gasteiger partial charge < -0.3 is 10.1 Å². The topological polar surface area (TPSA) is 44.8 Å². The highest BCUT2D eigenvalue weighted by molar-refractivity contribution is 5.67. The highest BCUT2D eigenvalue weighted by atomic mass is 16.6. The zero-order valence-electron chi connectivity index (χ0n) is 16.9. The van der Waals surface area contributed by atoms with Crippen molar-refractivity contribution < 1.29 is 9.53 Å². The molecule has 0 bridgehead atoms. The SMILES string of the molecule is CC(C)OC(=O)NCC1CN(Cc2ccccc2)CCN1Cc1ccccc1. The van der Waals surface area contributed by atoms with E-state index in [4.69, 9.17) is 4.74 Å². The standard InChI is InChI=1S/C23H31N3O2/c1-19(2)28-23(27)24-15-22-18-25(16-20-9-5-3-6-10-20)13-14-26(22)17-21-11-7-4-8-12-21/h3-12,19,22H,13-18H2,1-2H3,(H,24,27). The average Bonchev–Trinajstić information content (AvgIpc) is 2.69. The molecule has 1 N–H and O–H groups in total. The number of carbonyl (C=O) groups is 1. The molecule has 1 heterocycles. The van der Waals surface area contributed by atoms with Gasteiger partial charge in [-0.05, 0) is 25.0 Å². The maximum Gasteiger partial charge on any atom is 0.407 e. The van der Waals surface area contributed by atoms with E-state index in [-0.39, 0.29) is 18.2 Å². The van der Waals surface area contributed by atoms with Crippen LogP contribution in [-0.2, 0) is 17.8 Å². The van der Waals surface area contributed by atoms with E-state index in [9.17, 15) is 4.79 Å². The molecule has 0 aliphatic carbocycles. The van der Waals surface area contributed by atoms with Gasteiger partial charge in [-0.15, -0.1) is 0 Å². The quantitative estimate of drug-likeness (QED) is 0.797. The minimum atomic E-state index is -0.338. The summed E-state index contributed by atoms with van der Waals surface area (Å²) >= 11 is 0. The number of ether oxygens (including phenoxy) is 1. The van der Waals surface area contributed by atoms with Crippen molar-refractivity contribution in [1.29, 1.82) is 0 Å². The Hall–Kier alpha value is -2.37. The van der Waals surface area contributed by atoms with Gasteiger partial charge in [0.05, 0.1) is 6.10 Å². The molecular weight excluding hydrogens is 350 g/mol. The van der Waals surface area contributed by atoms with E-state index in [1.165, 1.54) is 11.1 Å². The molecule has 1 unspecified atom stereocenters. The summed E-state index contributed by atoms with van der Waals surface area (Å²) in [6, 6.07) is 21.3. The Morgan fingerprint density at radius 1 is 1.00 bits per heavy atom. The number of nitrogens with one attached hydrogen (secondary N) is 1. The van der Waals surface area contributed by atoms with Gasteiger partial charge in [-0.25, -0.2) is 4.79 Å². The largest absolute Gasteiger partial charge is 0.447 e. The summed E-state index contributed by atoms with van der Waals surface area (Å²) in [4.78, 5) is 16.9. The predicted octanol–water partition coefficient (Wildman–Crippen LogP) is 3.51. The van der Waals surface area contributed by atoms with Crippen LogP contribution in [0, 0.1) is 0 Å². The van der Waals surface area contributed by atoms with Crippen LogP contribution in [0.2, 0.25) is 0 Å². The maximum absolute atomic E-state index is 12.0. The van der Waals surface area contributed by atoms with Crippen molar-refractivity contribution in [3.05, 3.63) is 71.8 Å². The van der Waals surface area contributed by atoms with Crippen LogP contribution < -0.4 is 5.32 Å². The molecule has 3 rings (SSSR count). The maximum atomic E-state index is 12.0. The van der Waals surface area contributed by atoms with E-state index in [0.29, 0.717) is 6.54 Å². The lowest BCUT2D eigenvalue weighted by Crippen LogP contribution is -2.56. The van der Waals surface area contributed by atoms with Gasteiger partial charge in [-0.3, -0.25) is 9.80 Å². The Labute approximate surface area is 168 Å². The highest BCUT2D eigenvalue weighted by Gasteiger charge is 2.27. The number of amides is 1. The zero-order chi connectivity index (χ0) is 19.8. The minimum absolute atomic E-state index is 0.110. The lowest BCUT2D eigenvalue weighted by Gasteiger charge is -2.41. The molecule has 1 aliphatic heterocycles. The number of hydrogen-bond acceptors (Lipinski definition) is 4. The molecule has 2 aromatic rings. The van der Waals surface area contributed by atoms with Crippen molar-refractivity contribution in [3.8, 4) is 0 Å². The van der Waals surface area contributed by atoms with Gasteiger partial charge in [0, 0.05) is 45.3 Å². The smallest absolute Gasteiger partial charge is 0.407 e. The van der Waals surface area contributed by atoms with Crippen LogP contribution in [0.1, 0.15) is 25.0 Å². The Bertz CT molecular complexity index is 721. The molecule has 0 radical (unpaired) electrons. The van der Waals surface area contributed by atoms with Crippen molar-refractivity contribution >= 4 is 6.09 Å². The summed E-state index contributed by atoms with van der Waals surface area (Å²) in [6.45, 7) is 9.07. The molecule has 5 heteroatoms. The molecule has 0 aromatic heterocycles. The van der Waals surface area contributed by atoms with Gasteiger partial charge in [0.15, 0.2) is 0 Å². The second-order valence-corrected chi connectivity index (χ2v) is 7.67. The molecule has 28 heavy (non-hydrogen) atoms. The van der Waals surface area contributed by atoms with Crippen LogP contribution in [0.25, 0.3) is 0 Å². The molecule has 0 spiro atoms. The van der Waals surface area contributed by atoms with Crippen molar-refractivity contribution in [2.75, 3.05) is 26.2 Å². The van der Waals surface area contributed by atoms with Crippen molar-refractivity contribution in [3.63, 3.8) is 0 Å². The third-order valence-corrected chi connectivity index (χ3v) is 4.99. The third kappa shape index (κ3) is 6.36. The number of piperazine rings is 1. The van der Waals surface area contributed by atoms with E-state index in [1.54, 1.807) is 0 Å². The number of rotatable bonds is 7. The summed E-state index contributed by atoms with van der Waals surface area (Å²) in [5, 5.41) is 2.95. The summed E-state index contributed by atoms with van der Waals surface area (Å²) in [7, 11) is 0. The first kappa shape index (κ1) is 20.4. The average molecular weight is 382 g/mol. The van der Waals surface area contributed by atoms with Gasteiger partial charge in [0.25, 0.3) is 0 Å². The van der Waals surface area contributed by atoms with Crippen LogP contribution in [0.3, 0.4) is 0 Å². The van der Waals surface area contributed by atoms with E-state index in [2.05, 4.69) is 63.6 Å². The number of hydrogen-bond donors (Lipinski definition) is 1. The molecule has 2 aromatic carbocycles. The Morgan fingerprint density at radius 3 is 2.21 bits per heavy atom. The second kappa shape index (κ2) is 10.2. The molecule has 1 saturated heterocycles. The van der Waals surface area contributed by atoms with Gasteiger partial charge >= 0.3 is 6.09 Å². The number of alkyl carbamates (subject to hydrolysis) is 1. The number of benzene rings is 2. The molecule has 1 fully saturated rings. The van der Waals surface area contributed by atoms with Gasteiger partial charge in [-0.1, -0.05) is 60.7 Å². The molecular formula is C23H31N3O2. The fourth-order valence-corrected chi connectivity index (χ4v) is 3.62. The van der Waals surface area contributed by atoms with Crippen molar-refractivity contribution in [2.45, 2.75) is 39.1 Å². The van der Waals surface area contributed by atoms with Crippen LogP contribution in [0.4, 0.5) is 4.79 Å². The summed E-state index contributed by atoms with van der Waals surface area (Å²) in [5.41, 5.74) is 2.62. The zero-order valence-corrected chi connectivity index (χ0v) is 16.9. The molecule has 1 aliphatic rings. The van der Waals surface area contributed by atoms with E-state index < -0.39 is 0 Å². The summed E-state index contributed by atoms with van der Waals surface area (Å²) in [6.07, 6.45) is -0.448. The van der Waals surface area contributed by atoms with E-state index >= 15 is 0 Å². The second-order valence-electron chi connectivity index (χ2n) is 7.67. The van der Waals surface area contributed by atoms with Gasteiger partial charge in [0.2, 0.25) is 0 Å².